The Labute approximate surface area is 123 Å². The first kappa shape index (κ1) is 11.9. The van der Waals surface area contributed by atoms with E-state index < -0.39 is 0 Å². The maximum atomic E-state index is 4.39. The zero-order chi connectivity index (χ0) is 14.2. The maximum Gasteiger partial charge on any atom is 0.179 e. The summed E-state index contributed by atoms with van der Waals surface area (Å²) in [6.45, 7) is 0. The number of aromatic nitrogens is 2. The highest BCUT2D eigenvalue weighted by Crippen LogP contribution is 2.41. The van der Waals surface area contributed by atoms with Crippen molar-refractivity contribution in [3.05, 3.63) is 60.7 Å². The van der Waals surface area contributed by atoms with E-state index in [1.54, 1.807) is 0 Å². The first-order valence-electron chi connectivity index (χ1n) is 6.86. The van der Waals surface area contributed by atoms with Crippen LogP contribution in [0.2, 0.25) is 0 Å². The number of nitrogens with one attached hydrogen (secondary N) is 1. The summed E-state index contributed by atoms with van der Waals surface area (Å²) in [5.74, 6) is 0.841. The molecule has 1 N–H and O–H groups in total. The molecule has 102 valence electrons. The fourth-order valence-corrected chi connectivity index (χ4v) is 2.61. The Morgan fingerprint density at radius 3 is 2.48 bits per heavy atom. The maximum absolute atomic E-state index is 4.39. The highest BCUT2D eigenvalue weighted by Gasteiger charge is 2.21. The van der Waals surface area contributed by atoms with E-state index in [-0.39, 0.29) is 0 Å². The largest absolute Gasteiger partial charge is 0.351 e. The third kappa shape index (κ3) is 1.92. The van der Waals surface area contributed by atoms with Gasteiger partial charge in [0, 0.05) is 12.6 Å². The van der Waals surface area contributed by atoms with Crippen molar-refractivity contribution in [3.63, 3.8) is 0 Å². The molecule has 2 heterocycles. The van der Waals surface area contributed by atoms with Crippen LogP contribution in [0.25, 0.3) is 11.3 Å². The summed E-state index contributed by atoms with van der Waals surface area (Å²) >= 11 is 0. The number of anilines is 4. The monoisotopic (exact) mass is 274 g/mol. The standard InChI is InChI=1S/C17H14N4/c1-21-16-10-6-5-9-13(16)18-15-11-14(19-20-17(15)21)12-7-3-2-4-8-12/h2-11,18H,1H3. The summed E-state index contributed by atoms with van der Waals surface area (Å²) in [4.78, 5) is 2.06. The molecular formula is C17H14N4. The van der Waals surface area contributed by atoms with Crippen LogP contribution in [0.1, 0.15) is 0 Å². The lowest BCUT2D eigenvalue weighted by Gasteiger charge is -2.29. The van der Waals surface area contributed by atoms with Crippen LogP contribution in [0.4, 0.5) is 22.9 Å². The summed E-state index contributed by atoms with van der Waals surface area (Å²) in [6, 6.07) is 20.3. The third-order valence-electron chi connectivity index (χ3n) is 3.70. The highest BCUT2D eigenvalue weighted by atomic mass is 15.3. The van der Waals surface area contributed by atoms with Gasteiger partial charge in [-0.3, -0.25) is 0 Å². The molecule has 0 saturated carbocycles. The first-order chi connectivity index (χ1) is 10.3. The van der Waals surface area contributed by atoms with Crippen molar-refractivity contribution < 1.29 is 0 Å². The molecule has 21 heavy (non-hydrogen) atoms. The van der Waals surface area contributed by atoms with Gasteiger partial charge < -0.3 is 10.2 Å². The fraction of sp³-hybridized carbons (Fsp3) is 0.0588. The predicted octanol–water partition coefficient (Wildman–Crippen LogP) is 3.97. The zero-order valence-electron chi connectivity index (χ0n) is 11.6. The minimum atomic E-state index is 0.841. The lowest BCUT2D eigenvalue weighted by molar-refractivity contribution is 0.987. The van der Waals surface area contributed by atoms with Crippen LogP contribution in [-0.2, 0) is 0 Å². The molecule has 1 aromatic heterocycles. The summed E-state index contributed by atoms with van der Waals surface area (Å²) in [7, 11) is 2.01. The minimum absolute atomic E-state index is 0.841. The van der Waals surface area contributed by atoms with Crippen molar-refractivity contribution in [1.82, 2.24) is 10.2 Å². The Morgan fingerprint density at radius 1 is 0.857 bits per heavy atom. The molecule has 4 rings (SSSR count). The molecule has 0 saturated heterocycles. The van der Waals surface area contributed by atoms with Gasteiger partial charge in [-0.1, -0.05) is 42.5 Å². The number of hydrogen-bond acceptors (Lipinski definition) is 4. The van der Waals surface area contributed by atoms with Gasteiger partial charge in [0.15, 0.2) is 5.82 Å². The minimum Gasteiger partial charge on any atom is -0.351 e. The molecule has 4 nitrogen and oxygen atoms in total. The summed E-state index contributed by atoms with van der Waals surface area (Å²) in [5.41, 5.74) is 5.10. The molecule has 0 radical (unpaired) electrons. The van der Waals surface area contributed by atoms with E-state index in [4.69, 9.17) is 0 Å². The molecular weight excluding hydrogens is 260 g/mol. The van der Waals surface area contributed by atoms with Crippen molar-refractivity contribution in [2.45, 2.75) is 0 Å². The molecule has 3 aromatic rings. The van der Waals surface area contributed by atoms with Crippen molar-refractivity contribution in [2.24, 2.45) is 0 Å². The van der Waals surface area contributed by atoms with Crippen LogP contribution in [0.3, 0.4) is 0 Å². The Kier molecular flexibility index (Phi) is 2.60. The van der Waals surface area contributed by atoms with Crippen molar-refractivity contribution in [2.75, 3.05) is 17.3 Å². The number of rotatable bonds is 1. The van der Waals surface area contributed by atoms with Gasteiger partial charge in [-0.25, -0.2) is 0 Å². The van der Waals surface area contributed by atoms with Gasteiger partial charge in [-0.05, 0) is 18.2 Å². The Balaban J connectivity index is 1.81. The number of para-hydroxylation sites is 2. The molecule has 0 fully saturated rings. The SMILES string of the molecule is CN1c2ccccc2Nc2cc(-c3ccccc3)nnc21. The molecule has 2 aromatic carbocycles. The van der Waals surface area contributed by atoms with Crippen molar-refractivity contribution in [3.8, 4) is 11.3 Å². The molecule has 0 amide bonds. The zero-order valence-corrected chi connectivity index (χ0v) is 11.6. The summed E-state index contributed by atoms with van der Waals surface area (Å²) in [5, 5.41) is 12.2. The van der Waals surface area contributed by atoms with Gasteiger partial charge in [-0.15, -0.1) is 10.2 Å². The van der Waals surface area contributed by atoms with E-state index in [0.29, 0.717) is 0 Å². The molecule has 0 atom stereocenters. The number of fused-ring (bicyclic) bond motifs is 2. The average Bonchev–Trinajstić information content (AvgIpc) is 2.55. The summed E-state index contributed by atoms with van der Waals surface area (Å²) in [6.07, 6.45) is 0. The van der Waals surface area contributed by atoms with Gasteiger partial charge in [0.05, 0.1) is 22.8 Å². The fourth-order valence-electron chi connectivity index (χ4n) is 2.61. The second-order valence-electron chi connectivity index (χ2n) is 5.03. The lowest BCUT2D eigenvalue weighted by Crippen LogP contribution is -2.19. The molecule has 0 spiro atoms. The Hall–Kier alpha value is -2.88. The Bertz CT molecular complexity index is 799. The lowest BCUT2D eigenvalue weighted by atomic mass is 10.1. The second-order valence-corrected chi connectivity index (χ2v) is 5.03. The van der Waals surface area contributed by atoms with E-state index in [2.05, 4.69) is 32.5 Å². The summed E-state index contributed by atoms with van der Waals surface area (Å²) < 4.78 is 0. The van der Waals surface area contributed by atoms with Gasteiger partial charge in [0.2, 0.25) is 0 Å². The molecule has 1 aliphatic heterocycles. The van der Waals surface area contributed by atoms with Crippen LogP contribution >= 0.6 is 0 Å². The van der Waals surface area contributed by atoms with Gasteiger partial charge in [0.25, 0.3) is 0 Å². The van der Waals surface area contributed by atoms with Crippen LogP contribution in [0, 0.1) is 0 Å². The highest BCUT2D eigenvalue weighted by molar-refractivity contribution is 5.90. The Morgan fingerprint density at radius 2 is 1.62 bits per heavy atom. The number of benzene rings is 2. The predicted molar refractivity (Wildman–Crippen MR) is 85.3 cm³/mol. The molecule has 0 unspecified atom stereocenters. The molecule has 4 heteroatoms. The topological polar surface area (TPSA) is 41.0 Å². The molecule has 1 aliphatic rings. The van der Waals surface area contributed by atoms with Crippen LogP contribution in [-0.4, -0.2) is 17.2 Å². The first-order valence-corrected chi connectivity index (χ1v) is 6.86. The smallest absolute Gasteiger partial charge is 0.179 e. The third-order valence-corrected chi connectivity index (χ3v) is 3.70. The van der Waals surface area contributed by atoms with Crippen molar-refractivity contribution in [1.29, 1.82) is 0 Å². The van der Waals surface area contributed by atoms with E-state index in [1.165, 1.54) is 0 Å². The van der Waals surface area contributed by atoms with E-state index in [0.717, 1.165) is 34.1 Å². The van der Waals surface area contributed by atoms with Gasteiger partial charge in [-0.2, -0.15) is 0 Å². The van der Waals surface area contributed by atoms with Crippen LogP contribution in [0.5, 0.6) is 0 Å². The molecule has 0 aliphatic carbocycles. The van der Waals surface area contributed by atoms with E-state index in [9.17, 15) is 0 Å². The number of nitrogens with zero attached hydrogens (tertiary/aromatic N) is 3. The van der Waals surface area contributed by atoms with Crippen LogP contribution < -0.4 is 10.2 Å². The van der Waals surface area contributed by atoms with Crippen molar-refractivity contribution >= 4 is 22.9 Å². The average molecular weight is 274 g/mol. The van der Waals surface area contributed by atoms with E-state index in [1.807, 2.05) is 55.6 Å². The number of hydrogen-bond donors (Lipinski definition) is 1. The van der Waals surface area contributed by atoms with E-state index >= 15 is 0 Å². The van der Waals surface area contributed by atoms with Crippen LogP contribution in [0.15, 0.2) is 60.7 Å². The second kappa shape index (κ2) is 4.59. The quantitative estimate of drug-likeness (QED) is 0.729. The molecule has 0 bridgehead atoms. The normalized spacial score (nSPS) is 12.3. The van der Waals surface area contributed by atoms with Gasteiger partial charge in [0.1, 0.15) is 0 Å². The van der Waals surface area contributed by atoms with Gasteiger partial charge >= 0.3 is 0 Å².